The lowest BCUT2D eigenvalue weighted by Crippen LogP contribution is -2.52. The third kappa shape index (κ3) is 5.57. The van der Waals surface area contributed by atoms with Gasteiger partial charge in [-0.2, -0.15) is 0 Å². The van der Waals surface area contributed by atoms with Crippen LogP contribution in [0.5, 0.6) is 5.75 Å². The van der Waals surface area contributed by atoms with Crippen molar-refractivity contribution in [2.75, 3.05) is 32.7 Å². The molecule has 222 valence electrons. The SMILES string of the molecule is Cc1cc2occ(COc3cccc4[nH]c(C(=O)NC5CCN(C[C@@H]6CCCN7CCCCC67)CC5)cc34)c2cc1C. The Morgan fingerprint density at radius 1 is 0.976 bits per heavy atom. The number of amides is 1. The number of aromatic nitrogens is 1. The maximum atomic E-state index is 13.3. The Balaban J connectivity index is 0.954. The van der Waals surface area contributed by atoms with E-state index >= 15 is 0 Å². The third-order valence-electron chi connectivity index (χ3n) is 10.2. The molecule has 2 aromatic heterocycles. The van der Waals surface area contributed by atoms with Gasteiger partial charge in [-0.25, -0.2) is 0 Å². The van der Waals surface area contributed by atoms with Crippen molar-refractivity contribution in [3.8, 4) is 5.75 Å². The molecule has 1 unspecified atom stereocenters. The van der Waals surface area contributed by atoms with Crippen LogP contribution in [0.3, 0.4) is 0 Å². The maximum absolute atomic E-state index is 13.3. The molecule has 7 heteroatoms. The molecular formula is C35H44N4O3. The quantitative estimate of drug-likeness (QED) is 0.264. The Bertz CT molecular complexity index is 1560. The van der Waals surface area contributed by atoms with E-state index in [0.29, 0.717) is 12.3 Å². The van der Waals surface area contributed by atoms with Crippen LogP contribution < -0.4 is 10.1 Å². The van der Waals surface area contributed by atoms with Gasteiger partial charge in [0, 0.05) is 53.6 Å². The Labute approximate surface area is 248 Å². The highest BCUT2D eigenvalue weighted by Crippen LogP contribution is 2.33. The number of furan rings is 1. The summed E-state index contributed by atoms with van der Waals surface area (Å²) >= 11 is 0. The molecule has 3 aliphatic rings. The number of rotatable bonds is 7. The largest absolute Gasteiger partial charge is 0.488 e. The van der Waals surface area contributed by atoms with Gasteiger partial charge in [0.05, 0.1) is 6.26 Å². The maximum Gasteiger partial charge on any atom is 0.267 e. The molecule has 1 amide bonds. The summed E-state index contributed by atoms with van der Waals surface area (Å²) < 4.78 is 12.1. The monoisotopic (exact) mass is 568 g/mol. The molecule has 7 rings (SSSR count). The van der Waals surface area contributed by atoms with E-state index in [-0.39, 0.29) is 11.9 Å². The number of H-pyrrole nitrogens is 1. The number of ether oxygens (including phenoxy) is 1. The zero-order valence-electron chi connectivity index (χ0n) is 25.1. The summed E-state index contributed by atoms with van der Waals surface area (Å²) in [6, 6.07) is 13.1. The predicted octanol–water partition coefficient (Wildman–Crippen LogP) is 6.57. The summed E-state index contributed by atoms with van der Waals surface area (Å²) in [4.78, 5) is 22.0. The van der Waals surface area contributed by atoms with Crippen molar-refractivity contribution in [1.82, 2.24) is 20.1 Å². The molecule has 2 aromatic carbocycles. The number of carbonyl (C=O) groups excluding carboxylic acids is 1. The molecule has 0 spiro atoms. The van der Waals surface area contributed by atoms with Gasteiger partial charge in [0.1, 0.15) is 23.6 Å². The molecule has 2 N–H and O–H groups in total. The standard InChI is InChI=1S/C35H44N4O3/c1-23-17-28-26(22-42-34(28)18-24(23)2)21-41-33-10-5-8-30-29(33)19-31(37-30)35(40)36-27-11-15-38(16-12-27)20-25-7-6-14-39-13-4-3-9-32(25)39/h5,8,10,17-19,22,25,27,32,37H,3-4,6-7,9,11-16,20-21H2,1-2H3,(H,36,40)/t25-,32?/m0/s1. The van der Waals surface area contributed by atoms with Gasteiger partial charge in [-0.3, -0.25) is 4.79 Å². The van der Waals surface area contributed by atoms with Crippen molar-refractivity contribution < 1.29 is 13.9 Å². The van der Waals surface area contributed by atoms with Gasteiger partial charge in [0.15, 0.2) is 0 Å². The molecule has 0 aliphatic carbocycles. The summed E-state index contributed by atoms with van der Waals surface area (Å²) in [7, 11) is 0. The fraction of sp³-hybridized carbons (Fsp3) is 0.514. The van der Waals surface area contributed by atoms with Crippen molar-refractivity contribution in [3.63, 3.8) is 0 Å². The molecule has 2 atom stereocenters. The number of aromatic amines is 1. The van der Waals surface area contributed by atoms with Gasteiger partial charge in [-0.1, -0.05) is 12.5 Å². The van der Waals surface area contributed by atoms with Crippen LogP contribution in [0.15, 0.2) is 47.1 Å². The van der Waals surface area contributed by atoms with E-state index in [1.165, 1.54) is 62.9 Å². The Hall–Kier alpha value is -3.29. The number of nitrogens with zero attached hydrogens (tertiary/aromatic N) is 2. The van der Waals surface area contributed by atoms with Crippen molar-refractivity contribution in [3.05, 3.63) is 65.0 Å². The molecule has 0 saturated carbocycles. The molecule has 0 bridgehead atoms. The van der Waals surface area contributed by atoms with Crippen LogP contribution in [0.1, 0.15) is 72.1 Å². The second-order valence-electron chi connectivity index (χ2n) is 12.9. The van der Waals surface area contributed by atoms with E-state index in [0.717, 1.165) is 71.1 Å². The fourth-order valence-corrected chi connectivity index (χ4v) is 7.62. The van der Waals surface area contributed by atoms with Crippen LogP contribution in [0, 0.1) is 19.8 Å². The Morgan fingerprint density at radius 2 is 1.81 bits per heavy atom. The number of fused-ring (bicyclic) bond motifs is 3. The van der Waals surface area contributed by atoms with Gasteiger partial charge in [0.2, 0.25) is 0 Å². The number of hydrogen-bond donors (Lipinski definition) is 2. The van der Waals surface area contributed by atoms with Crippen LogP contribution in [0.2, 0.25) is 0 Å². The van der Waals surface area contributed by atoms with E-state index in [1.54, 1.807) is 6.26 Å². The lowest BCUT2D eigenvalue weighted by molar-refractivity contribution is 0.0351. The second-order valence-corrected chi connectivity index (χ2v) is 12.9. The van der Waals surface area contributed by atoms with Gasteiger partial charge in [-0.15, -0.1) is 0 Å². The highest BCUT2D eigenvalue weighted by atomic mass is 16.5. The Kier molecular flexibility index (Phi) is 7.72. The third-order valence-corrected chi connectivity index (χ3v) is 10.2. The normalized spacial score (nSPS) is 22.4. The summed E-state index contributed by atoms with van der Waals surface area (Å²) in [6.07, 6.45) is 10.7. The molecule has 4 aromatic rings. The summed E-state index contributed by atoms with van der Waals surface area (Å²) in [5.41, 5.74) is 5.84. The first kappa shape index (κ1) is 27.5. The minimum atomic E-state index is -0.0348. The summed E-state index contributed by atoms with van der Waals surface area (Å²) in [5.74, 6) is 1.54. The predicted molar refractivity (Wildman–Crippen MR) is 167 cm³/mol. The fourth-order valence-electron chi connectivity index (χ4n) is 7.62. The molecule has 5 heterocycles. The second kappa shape index (κ2) is 11.8. The zero-order chi connectivity index (χ0) is 28.6. The number of nitrogens with one attached hydrogen (secondary N) is 2. The van der Waals surface area contributed by atoms with Crippen LogP contribution >= 0.6 is 0 Å². The average molecular weight is 569 g/mol. The molecule has 3 saturated heterocycles. The molecule has 7 nitrogen and oxygen atoms in total. The van der Waals surface area contributed by atoms with Crippen LogP contribution in [0.25, 0.3) is 21.9 Å². The van der Waals surface area contributed by atoms with Crippen LogP contribution in [-0.2, 0) is 6.61 Å². The number of likely N-dealkylation sites (tertiary alicyclic amines) is 1. The van der Waals surface area contributed by atoms with E-state index in [1.807, 2.05) is 24.3 Å². The molecule has 3 fully saturated rings. The first-order valence-corrected chi connectivity index (χ1v) is 16.0. The van der Waals surface area contributed by atoms with Crippen molar-refractivity contribution in [1.29, 1.82) is 0 Å². The lowest BCUT2D eigenvalue weighted by Gasteiger charge is -2.46. The highest BCUT2D eigenvalue weighted by Gasteiger charge is 2.34. The summed E-state index contributed by atoms with van der Waals surface area (Å²) in [6.45, 7) is 10.6. The number of benzene rings is 2. The van der Waals surface area contributed by atoms with Gasteiger partial charge in [-0.05, 0) is 113 Å². The van der Waals surface area contributed by atoms with Crippen molar-refractivity contribution in [2.45, 2.75) is 77.5 Å². The number of carbonyl (C=O) groups is 1. The zero-order valence-corrected chi connectivity index (χ0v) is 25.1. The van der Waals surface area contributed by atoms with Crippen molar-refractivity contribution in [2.24, 2.45) is 5.92 Å². The Morgan fingerprint density at radius 3 is 2.69 bits per heavy atom. The van der Waals surface area contributed by atoms with Gasteiger partial charge >= 0.3 is 0 Å². The van der Waals surface area contributed by atoms with E-state index in [4.69, 9.17) is 9.15 Å². The van der Waals surface area contributed by atoms with Crippen LogP contribution in [0.4, 0.5) is 0 Å². The number of hydrogen-bond acceptors (Lipinski definition) is 5. The van der Waals surface area contributed by atoms with Gasteiger partial charge < -0.3 is 29.3 Å². The average Bonchev–Trinajstić information content (AvgIpc) is 3.62. The number of piperidine rings is 3. The smallest absolute Gasteiger partial charge is 0.267 e. The minimum Gasteiger partial charge on any atom is -0.488 e. The molecular weight excluding hydrogens is 524 g/mol. The van der Waals surface area contributed by atoms with Crippen molar-refractivity contribution >= 4 is 27.8 Å². The molecule has 3 aliphatic heterocycles. The number of aryl methyl sites for hydroxylation is 2. The van der Waals surface area contributed by atoms with E-state index in [2.05, 4.69) is 46.1 Å². The molecule has 0 radical (unpaired) electrons. The van der Waals surface area contributed by atoms with E-state index in [9.17, 15) is 4.79 Å². The first-order chi connectivity index (χ1) is 20.5. The topological polar surface area (TPSA) is 73.7 Å². The van der Waals surface area contributed by atoms with E-state index < -0.39 is 0 Å². The highest BCUT2D eigenvalue weighted by molar-refractivity contribution is 5.99. The molecule has 42 heavy (non-hydrogen) atoms. The summed E-state index contributed by atoms with van der Waals surface area (Å²) in [5, 5.41) is 5.31. The van der Waals surface area contributed by atoms with Crippen LogP contribution in [-0.4, -0.2) is 65.5 Å². The minimum absolute atomic E-state index is 0.0348. The first-order valence-electron chi connectivity index (χ1n) is 16.0. The van der Waals surface area contributed by atoms with Gasteiger partial charge in [0.25, 0.3) is 5.91 Å². The lowest BCUT2D eigenvalue weighted by atomic mass is 9.83.